The second kappa shape index (κ2) is 11.3. The first-order chi connectivity index (χ1) is 16.3. The van der Waals surface area contributed by atoms with Gasteiger partial charge in [-0.25, -0.2) is 15.0 Å². The maximum Gasteiger partial charge on any atom is 0.303 e. The zero-order valence-electron chi connectivity index (χ0n) is 19.8. The Labute approximate surface area is 197 Å². The molecule has 0 unspecified atom stereocenters. The molecule has 0 saturated carbocycles. The fourth-order valence-corrected chi connectivity index (χ4v) is 4.08. The number of anilines is 1. The van der Waals surface area contributed by atoms with Gasteiger partial charge in [0, 0.05) is 27.2 Å². The van der Waals surface area contributed by atoms with Crippen molar-refractivity contribution >= 4 is 34.8 Å². The molecule has 0 bridgehead atoms. The fourth-order valence-electron chi connectivity index (χ4n) is 4.08. The molecular formula is C22H31N5O7. The van der Waals surface area contributed by atoms with Gasteiger partial charge in [0.1, 0.15) is 18.3 Å². The quantitative estimate of drug-likeness (QED) is 0.381. The number of ether oxygens (including phenoxy) is 3. The molecule has 2 aromatic heterocycles. The van der Waals surface area contributed by atoms with Gasteiger partial charge in [-0.1, -0.05) is 26.2 Å². The van der Waals surface area contributed by atoms with Crippen LogP contribution in [0.3, 0.4) is 0 Å². The average Bonchev–Trinajstić information content (AvgIpc) is 3.28. The molecule has 0 spiro atoms. The molecule has 1 aliphatic rings. The number of rotatable bonds is 10. The number of aryl methyl sites for hydroxylation is 1. The van der Waals surface area contributed by atoms with E-state index in [-0.39, 0.29) is 11.7 Å². The van der Waals surface area contributed by atoms with Gasteiger partial charge >= 0.3 is 11.9 Å². The molecule has 12 nitrogen and oxygen atoms in total. The summed E-state index contributed by atoms with van der Waals surface area (Å²) in [5.41, 5.74) is 0.705. The van der Waals surface area contributed by atoms with E-state index in [0.717, 1.165) is 25.7 Å². The highest BCUT2D eigenvalue weighted by atomic mass is 16.6. The highest BCUT2D eigenvalue weighted by Gasteiger charge is 2.51. The number of amides is 1. The molecule has 12 heteroatoms. The van der Waals surface area contributed by atoms with Gasteiger partial charge in [0.2, 0.25) is 5.91 Å². The predicted molar refractivity (Wildman–Crippen MR) is 120 cm³/mol. The molecule has 3 heterocycles. The lowest BCUT2D eigenvalue weighted by Crippen LogP contribution is -2.40. The lowest BCUT2D eigenvalue weighted by molar-refractivity contribution is -0.165. The largest absolute Gasteiger partial charge is 0.456 e. The number of nitrogens with zero attached hydrogens (tertiary/aromatic N) is 4. The molecule has 2 N–H and O–H groups in total. The smallest absolute Gasteiger partial charge is 0.303 e. The van der Waals surface area contributed by atoms with Gasteiger partial charge in [0.15, 0.2) is 35.4 Å². The molecule has 3 rings (SSSR count). The summed E-state index contributed by atoms with van der Waals surface area (Å²) in [4.78, 5) is 48.5. The number of hydrogen-bond acceptors (Lipinski definition) is 10. The maximum absolute atomic E-state index is 11.9. The van der Waals surface area contributed by atoms with E-state index in [9.17, 15) is 19.5 Å². The second-order valence-corrected chi connectivity index (χ2v) is 8.18. The third-order valence-electron chi connectivity index (χ3n) is 5.42. The number of aliphatic hydroxyl groups excluding tert-OH is 1. The van der Waals surface area contributed by atoms with Crippen molar-refractivity contribution in [3.63, 3.8) is 0 Å². The Morgan fingerprint density at radius 1 is 1.09 bits per heavy atom. The van der Waals surface area contributed by atoms with Gasteiger partial charge in [0.25, 0.3) is 0 Å². The number of carbonyl (C=O) groups excluding carboxylic acids is 3. The summed E-state index contributed by atoms with van der Waals surface area (Å²) in [5, 5.41) is 12.5. The summed E-state index contributed by atoms with van der Waals surface area (Å²) >= 11 is 0. The van der Waals surface area contributed by atoms with Crippen LogP contribution in [0.15, 0.2) is 6.33 Å². The Balaban J connectivity index is 2.12. The minimum absolute atomic E-state index is 0.239. The van der Waals surface area contributed by atoms with E-state index in [1.165, 1.54) is 27.1 Å². The first-order valence-electron chi connectivity index (χ1n) is 11.4. The molecule has 1 fully saturated rings. The van der Waals surface area contributed by atoms with Crippen LogP contribution >= 0.6 is 0 Å². The van der Waals surface area contributed by atoms with E-state index in [4.69, 9.17) is 19.2 Å². The molecule has 1 amide bonds. The van der Waals surface area contributed by atoms with Crippen LogP contribution in [0, 0.1) is 0 Å². The van der Waals surface area contributed by atoms with Gasteiger partial charge in [-0.15, -0.1) is 0 Å². The summed E-state index contributed by atoms with van der Waals surface area (Å²) in [6, 6.07) is 0. The molecule has 0 radical (unpaired) electrons. The molecule has 1 aliphatic heterocycles. The van der Waals surface area contributed by atoms with E-state index in [1.807, 2.05) is 0 Å². The van der Waals surface area contributed by atoms with E-state index in [1.54, 1.807) is 4.57 Å². The Hall–Kier alpha value is -3.12. The minimum Gasteiger partial charge on any atom is -0.456 e. The van der Waals surface area contributed by atoms with Crippen molar-refractivity contribution in [2.75, 3.05) is 11.9 Å². The second-order valence-electron chi connectivity index (χ2n) is 8.18. The number of esters is 2. The van der Waals surface area contributed by atoms with E-state index in [0.29, 0.717) is 23.4 Å². The number of fused-ring (bicyclic) bond motifs is 1. The third kappa shape index (κ3) is 5.68. The number of nitrogens with one attached hydrogen (secondary N) is 1. The SMILES string of the molecule is CCCCCCc1nc2c(NC(C)=O)ncnc2n1[C@@H]1O[C@H](CO)[C@@H](OC(C)=O)[C@H]1OC(C)=O. The van der Waals surface area contributed by atoms with Crippen LogP contribution in [0.5, 0.6) is 0 Å². The highest BCUT2D eigenvalue weighted by molar-refractivity contribution is 5.95. The number of unbranched alkanes of at least 4 members (excludes halogenated alkanes) is 3. The Kier molecular flexibility index (Phi) is 8.51. The van der Waals surface area contributed by atoms with Gasteiger partial charge < -0.3 is 24.6 Å². The summed E-state index contributed by atoms with van der Waals surface area (Å²) < 4.78 is 18.6. The van der Waals surface area contributed by atoms with Crippen molar-refractivity contribution in [1.82, 2.24) is 19.5 Å². The lowest BCUT2D eigenvalue weighted by atomic mass is 10.1. The van der Waals surface area contributed by atoms with Crippen LogP contribution in [-0.2, 0) is 35.0 Å². The van der Waals surface area contributed by atoms with Crippen LogP contribution in [-0.4, -0.2) is 67.4 Å². The van der Waals surface area contributed by atoms with Crippen molar-refractivity contribution in [3.8, 4) is 0 Å². The van der Waals surface area contributed by atoms with Gasteiger partial charge in [-0.2, -0.15) is 0 Å². The van der Waals surface area contributed by atoms with Crippen LogP contribution in [0.2, 0.25) is 0 Å². The highest BCUT2D eigenvalue weighted by Crippen LogP contribution is 2.37. The normalized spacial score (nSPS) is 22.0. The monoisotopic (exact) mass is 477 g/mol. The number of imidazole rings is 1. The molecular weight excluding hydrogens is 446 g/mol. The first kappa shape index (κ1) is 25.5. The molecule has 4 atom stereocenters. The van der Waals surface area contributed by atoms with Crippen molar-refractivity contribution in [3.05, 3.63) is 12.2 Å². The zero-order valence-corrected chi connectivity index (χ0v) is 19.8. The van der Waals surface area contributed by atoms with Crippen molar-refractivity contribution in [2.24, 2.45) is 0 Å². The van der Waals surface area contributed by atoms with Crippen LogP contribution in [0.1, 0.15) is 65.4 Å². The Morgan fingerprint density at radius 2 is 1.79 bits per heavy atom. The van der Waals surface area contributed by atoms with Crippen LogP contribution in [0.4, 0.5) is 5.82 Å². The minimum atomic E-state index is -1.05. The number of carbonyl (C=O) groups is 3. The molecule has 34 heavy (non-hydrogen) atoms. The van der Waals surface area contributed by atoms with Crippen molar-refractivity contribution < 1.29 is 33.7 Å². The summed E-state index contributed by atoms with van der Waals surface area (Å²) in [5.74, 6) is -0.694. The van der Waals surface area contributed by atoms with Gasteiger partial charge in [-0.05, 0) is 6.42 Å². The van der Waals surface area contributed by atoms with Gasteiger partial charge in [-0.3, -0.25) is 19.0 Å². The van der Waals surface area contributed by atoms with Crippen LogP contribution in [0.25, 0.3) is 11.2 Å². The predicted octanol–water partition coefficient (Wildman–Crippen LogP) is 1.66. The van der Waals surface area contributed by atoms with Gasteiger partial charge in [0.05, 0.1) is 6.61 Å². The summed E-state index contributed by atoms with van der Waals surface area (Å²) in [7, 11) is 0. The Bertz CT molecular complexity index is 1040. The molecule has 0 aliphatic carbocycles. The first-order valence-corrected chi connectivity index (χ1v) is 11.4. The molecule has 2 aromatic rings. The van der Waals surface area contributed by atoms with Crippen molar-refractivity contribution in [2.45, 2.75) is 84.3 Å². The fraction of sp³-hybridized carbons (Fsp3) is 0.636. The molecule has 1 saturated heterocycles. The number of aliphatic hydroxyl groups is 1. The van der Waals surface area contributed by atoms with E-state index in [2.05, 4.69) is 22.2 Å². The number of aromatic nitrogens is 4. The standard InChI is InChI=1S/C22H31N5O7/c1-5-6-7-8-9-16-26-17-20(25-12(2)29)23-11-24-21(17)27(16)22-19(33-14(4)31)18(32-13(3)30)15(10-28)34-22/h11,15,18-19,22,28H,5-10H2,1-4H3,(H,23,24,25,29)/t15-,18-,19-,22-/m1/s1. The molecule has 186 valence electrons. The van der Waals surface area contributed by atoms with E-state index >= 15 is 0 Å². The topological polar surface area (TPSA) is 155 Å². The average molecular weight is 478 g/mol. The Morgan fingerprint density at radius 3 is 2.41 bits per heavy atom. The summed E-state index contributed by atoms with van der Waals surface area (Å²) in [6.07, 6.45) is 1.81. The number of hydrogen-bond donors (Lipinski definition) is 2. The zero-order chi connectivity index (χ0) is 24.8. The summed E-state index contributed by atoms with van der Waals surface area (Å²) in [6.45, 7) is 5.48. The van der Waals surface area contributed by atoms with E-state index < -0.39 is 43.1 Å². The maximum atomic E-state index is 11.9. The van der Waals surface area contributed by atoms with Crippen LogP contribution < -0.4 is 5.32 Å². The van der Waals surface area contributed by atoms with Crippen molar-refractivity contribution in [1.29, 1.82) is 0 Å². The molecule has 0 aromatic carbocycles. The lowest BCUT2D eigenvalue weighted by Gasteiger charge is -2.24. The third-order valence-corrected chi connectivity index (χ3v) is 5.42.